The monoisotopic (exact) mass is 397 g/mol. The maximum absolute atomic E-state index is 13.4. The second kappa shape index (κ2) is 8.33. The Balaban J connectivity index is 1.44. The number of amides is 1. The minimum atomic E-state index is -0.365. The van der Waals surface area contributed by atoms with E-state index in [0.717, 1.165) is 5.56 Å². The summed E-state index contributed by atoms with van der Waals surface area (Å²) >= 11 is 0. The van der Waals surface area contributed by atoms with Crippen LogP contribution in [-0.2, 0) is 16.1 Å². The molecule has 2 saturated heterocycles. The molecule has 2 aromatic carbocycles. The van der Waals surface area contributed by atoms with E-state index >= 15 is 0 Å². The third kappa shape index (κ3) is 4.17. The number of nitrogens with zero attached hydrogens (tertiary/aromatic N) is 1. The summed E-state index contributed by atoms with van der Waals surface area (Å²) in [6.45, 7) is 2.75. The number of fused-ring (bicyclic) bond motifs is 2. The molecular weight excluding hydrogens is 373 g/mol. The lowest BCUT2D eigenvalue weighted by atomic mass is 9.80. The minimum absolute atomic E-state index is 0.0108. The number of hydrogen-bond acceptors (Lipinski definition) is 4. The molecule has 0 radical (unpaired) electrons. The summed E-state index contributed by atoms with van der Waals surface area (Å²) in [7, 11) is 0. The van der Waals surface area contributed by atoms with Crippen LogP contribution in [0, 0.1) is 18.7 Å². The predicted molar refractivity (Wildman–Crippen MR) is 105 cm³/mol. The lowest BCUT2D eigenvalue weighted by Gasteiger charge is -2.47. The van der Waals surface area contributed by atoms with Gasteiger partial charge in [0.25, 0.3) is 0 Å². The van der Waals surface area contributed by atoms with E-state index in [9.17, 15) is 14.0 Å². The third-order valence-electron chi connectivity index (χ3n) is 5.76. The van der Waals surface area contributed by atoms with Gasteiger partial charge in [0, 0.05) is 11.5 Å². The number of carbonyl (C=O) groups is 2. The fraction of sp³-hybridized carbons (Fsp3) is 0.391. The Morgan fingerprint density at radius 1 is 1.10 bits per heavy atom. The second-order valence-electron chi connectivity index (χ2n) is 7.78. The fourth-order valence-electron chi connectivity index (χ4n) is 4.34. The van der Waals surface area contributed by atoms with E-state index in [1.165, 1.54) is 12.1 Å². The number of rotatable bonds is 4. The summed E-state index contributed by atoms with van der Waals surface area (Å²) in [5.74, 6) is -0.548. The van der Waals surface area contributed by atoms with E-state index in [0.29, 0.717) is 37.2 Å². The summed E-state index contributed by atoms with van der Waals surface area (Å²) in [6.07, 6.45) is 0.676. The van der Waals surface area contributed by atoms with Crippen molar-refractivity contribution < 1.29 is 23.5 Å². The quantitative estimate of drug-likeness (QED) is 0.728. The molecule has 6 heteroatoms. The van der Waals surface area contributed by atoms with Crippen LogP contribution in [0.5, 0.6) is 0 Å². The van der Waals surface area contributed by atoms with Crippen molar-refractivity contribution in [3.8, 4) is 0 Å². The van der Waals surface area contributed by atoms with Crippen molar-refractivity contribution in [1.29, 1.82) is 0 Å². The highest BCUT2D eigenvalue weighted by Crippen LogP contribution is 2.34. The molecule has 152 valence electrons. The molecule has 0 aromatic heterocycles. The molecule has 2 bridgehead atoms. The van der Waals surface area contributed by atoms with Crippen molar-refractivity contribution in [3.63, 3.8) is 0 Å². The van der Waals surface area contributed by atoms with Crippen LogP contribution in [0.2, 0.25) is 0 Å². The van der Waals surface area contributed by atoms with Gasteiger partial charge in [0.05, 0.1) is 25.3 Å². The minimum Gasteiger partial charge on any atom is -0.445 e. The van der Waals surface area contributed by atoms with Crippen molar-refractivity contribution in [2.24, 2.45) is 5.92 Å². The van der Waals surface area contributed by atoms with Crippen LogP contribution < -0.4 is 0 Å². The number of Topliss-reactive ketones (excluding diaryl/α,β-unsaturated/α-hetero) is 1. The molecule has 2 fully saturated rings. The number of hydrogen-bond donors (Lipinski definition) is 0. The summed E-state index contributed by atoms with van der Waals surface area (Å²) in [4.78, 5) is 27.5. The number of benzene rings is 2. The van der Waals surface area contributed by atoms with E-state index in [2.05, 4.69) is 0 Å². The van der Waals surface area contributed by atoms with Crippen molar-refractivity contribution in [2.75, 3.05) is 13.2 Å². The molecule has 0 spiro atoms. The number of morpholine rings is 1. The van der Waals surface area contributed by atoms with Gasteiger partial charge in [-0.3, -0.25) is 9.69 Å². The van der Waals surface area contributed by atoms with Gasteiger partial charge >= 0.3 is 6.09 Å². The van der Waals surface area contributed by atoms with Crippen molar-refractivity contribution >= 4 is 11.9 Å². The predicted octanol–water partition coefficient (Wildman–Crippen LogP) is 4.13. The summed E-state index contributed by atoms with van der Waals surface area (Å²) < 4.78 is 24.6. The highest BCUT2D eigenvalue weighted by molar-refractivity contribution is 5.99. The SMILES string of the molecule is Cc1cc(F)ccc1C(=O)C1CC2COCC(C1)N2C(=O)OCc1ccccc1. The maximum atomic E-state index is 13.4. The van der Waals surface area contributed by atoms with Crippen LogP contribution >= 0.6 is 0 Å². The van der Waals surface area contributed by atoms with E-state index in [1.807, 2.05) is 30.3 Å². The Kier molecular flexibility index (Phi) is 5.62. The highest BCUT2D eigenvalue weighted by atomic mass is 19.1. The van der Waals surface area contributed by atoms with E-state index < -0.39 is 0 Å². The van der Waals surface area contributed by atoms with Gasteiger partial charge in [-0.2, -0.15) is 0 Å². The summed E-state index contributed by atoms with van der Waals surface area (Å²) in [6, 6.07) is 13.4. The van der Waals surface area contributed by atoms with Crippen molar-refractivity contribution in [1.82, 2.24) is 4.90 Å². The Labute approximate surface area is 169 Å². The van der Waals surface area contributed by atoms with Gasteiger partial charge in [-0.25, -0.2) is 9.18 Å². The average Bonchev–Trinajstić information content (AvgIpc) is 2.71. The van der Waals surface area contributed by atoms with Crippen molar-refractivity contribution in [2.45, 2.75) is 38.5 Å². The van der Waals surface area contributed by atoms with Crippen molar-refractivity contribution in [3.05, 3.63) is 71.0 Å². The lowest BCUT2D eigenvalue weighted by Crippen LogP contribution is -2.59. The molecule has 2 aromatic rings. The van der Waals surface area contributed by atoms with Crippen LogP contribution in [0.1, 0.15) is 34.3 Å². The lowest BCUT2D eigenvalue weighted by molar-refractivity contribution is -0.0755. The summed E-state index contributed by atoms with van der Waals surface area (Å²) in [5.41, 5.74) is 2.12. The normalized spacial score (nSPS) is 23.5. The summed E-state index contributed by atoms with van der Waals surface area (Å²) in [5, 5.41) is 0. The highest BCUT2D eigenvalue weighted by Gasteiger charge is 2.44. The number of ether oxygens (including phenoxy) is 2. The van der Waals surface area contributed by atoms with Gasteiger partial charge in [0.1, 0.15) is 12.4 Å². The molecule has 0 N–H and O–H groups in total. The largest absolute Gasteiger partial charge is 0.445 e. The Morgan fingerprint density at radius 2 is 1.79 bits per heavy atom. The van der Waals surface area contributed by atoms with Crippen LogP contribution in [0.25, 0.3) is 0 Å². The average molecular weight is 397 g/mol. The molecule has 5 nitrogen and oxygen atoms in total. The van der Waals surface area contributed by atoms with Gasteiger partial charge in [0.2, 0.25) is 0 Å². The first-order valence-electron chi connectivity index (χ1n) is 9.90. The van der Waals surface area contributed by atoms with Gasteiger partial charge < -0.3 is 9.47 Å². The van der Waals surface area contributed by atoms with Crippen LogP contribution in [0.4, 0.5) is 9.18 Å². The zero-order chi connectivity index (χ0) is 20.4. The first kappa shape index (κ1) is 19.6. The van der Waals surface area contributed by atoms with E-state index in [4.69, 9.17) is 9.47 Å². The topological polar surface area (TPSA) is 55.8 Å². The van der Waals surface area contributed by atoms with Crippen LogP contribution in [0.3, 0.4) is 0 Å². The molecule has 1 amide bonds. The molecule has 2 aliphatic heterocycles. The number of aryl methyl sites for hydroxylation is 1. The number of halogens is 1. The first-order valence-corrected chi connectivity index (χ1v) is 9.90. The molecule has 2 unspecified atom stereocenters. The molecule has 2 aliphatic rings. The maximum Gasteiger partial charge on any atom is 0.410 e. The first-order chi connectivity index (χ1) is 14.0. The van der Waals surface area contributed by atoms with Gasteiger partial charge in [-0.1, -0.05) is 30.3 Å². The Bertz CT molecular complexity index is 887. The number of ketones is 1. The van der Waals surface area contributed by atoms with E-state index in [-0.39, 0.29) is 42.3 Å². The Morgan fingerprint density at radius 3 is 2.45 bits per heavy atom. The van der Waals surface area contributed by atoms with Crippen LogP contribution in [0.15, 0.2) is 48.5 Å². The smallest absolute Gasteiger partial charge is 0.410 e. The molecule has 0 aliphatic carbocycles. The molecule has 2 heterocycles. The van der Waals surface area contributed by atoms with Gasteiger partial charge in [-0.05, 0) is 49.1 Å². The second-order valence-corrected chi connectivity index (χ2v) is 7.78. The third-order valence-corrected chi connectivity index (χ3v) is 5.76. The molecule has 4 rings (SSSR count). The molecule has 0 saturated carbocycles. The van der Waals surface area contributed by atoms with Gasteiger partial charge in [-0.15, -0.1) is 0 Å². The number of piperidine rings is 1. The zero-order valence-corrected chi connectivity index (χ0v) is 16.3. The Hall–Kier alpha value is -2.73. The standard InChI is InChI=1S/C23H24FNO4/c1-15-9-18(24)7-8-21(15)22(26)17-10-19-13-28-14-20(11-17)25(19)23(27)29-12-16-5-3-2-4-6-16/h2-9,17,19-20H,10-14H2,1H3. The van der Waals surface area contributed by atoms with Crippen LogP contribution in [-0.4, -0.2) is 42.1 Å². The molecule has 2 atom stereocenters. The fourth-order valence-corrected chi connectivity index (χ4v) is 4.34. The molecular formula is C23H24FNO4. The van der Waals surface area contributed by atoms with E-state index in [1.54, 1.807) is 17.9 Å². The number of carbonyl (C=O) groups excluding carboxylic acids is 2. The zero-order valence-electron chi connectivity index (χ0n) is 16.3. The molecule has 29 heavy (non-hydrogen) atoms. The van der Waals surface area contributed by atoms with Gasteiger partial charge in [0.15, 0.2) is 5.78 Å².